The fourth-order valence-electron chi connectivity index (χ4n) is 0.661. The largest absolute Gasteiger partial charge is 0.496 e. The Labute approximate surface area is 88.8 Å². The molecule has 1 aromatic rings. The van der Waals surface area contributed by atoms with Crippen molar-refractivity contribution in [2.45, 2.75) is 0 Å². The first-order valence-electron chi connectivity index (χ1n) is 2.83. The van der Waals surface area contributed by atoms with Crippen LogP contribution in [0.4, 0.5) is 0 Å². The highest BCUT2D eigenvalue weighted by Gasteiger charge is 2.04. The number of ether oxygens (including phenoxy) is 1. The lowest BCUT2D eigenvalue weighted by molar-refractivity contribution is 0.412. The number of methoxy groups -OCH3 is 1. The molecule has 0 N–H and O–H groups in total. The van der Waals surface area contributed by atoms with Crippen molar-refractivity contribution in [2.75, 3.05) is 7.11 Å². The summed E-state index contributed by atoms with van der Waals surface area (Å²) in [6, 6.07) is 3.47. The maximum Gasteiger partial charge on any atom is 0.133 e. The van der Waals surface area contributed by atoms with Crippen molar-refractivity contribution >= 4 is 45.8 Å². The van der Waals surface area contributed by atoms with Crippen molar-refractivity contribution in [3.8, 4) is 5.75 Å². The molecule has 0 spiro atoms. The van der Waals surface area contributed by atoms with Gasteiger partial charge in [-0.05, 0) is 28.7 Å². The van der Waals surface area contributed by atoms with Crippen LogP contribution >= 0.6 is 45.8 Å². The Bertz CT molecular complexity index is 275. The van der Waals surface area contributed by atoms with Crippen molar-refractivity contribution in [3.63, 3.8) is 0 Å². The zero-order valence-corrected chi connectivity index (χ0v) is 9.37. The summed E-state index contributed by atoms with van der Waals surface area (Å²) in [5.74, 6) is 0.750. The molecule has 0 fully saturated rings. The minimum absolute atomic E-state index is 0.518. The SMILES string of the molecule is COc1cc(Cl)c(Cl)cc1I. The van der Waals surface area contributed by atoms with Gasteiger partial charge in [-0.25, -0.2) is 0 Å². The highest BCUT2D eigenvalue weighted by molar-refractivity contribution is 14.1. The summed E-state index contributed by atoms with van der Waals surface area (Å²) in [4.78, 5) is 0. The fraction of sp³-hybridized carbons (Fsp3) is 0.143. The van der Waals surface area contributed by atoms with E-state index in [9.17, 15) is 0 Å². The van der Waals surface area contributed by atoms with E-state index < -0.39 is 0 Å². The van der Waals surface area contributed by atoms with Gasteiger partial charge in [0.15, 0.2) is 0 Å². The average molecular weight is 303 g/mol. The van der Waals surface area contributed by atoms with Crippen LogP contribution < -0.4 is 4.74 Å². The van der Waals surface area contributed by atoms with Gasteiger partial charge in [0.1, 0.15) is 5.75 Å². The van der Waals surface area contributed by atoms with Gasteiger partial charge in [-0.1, -0.05) is 23.2 Å². The molecule has 11 heavy (non-hydrogen) atoms. The zero-order valence-electron chi connectivity index (χ0n) is 5.70. The molecule has 0 aliphatic rings. The maximum absolute atomic E-state index is 5.75. The van der Waals surface area contributed by atoms with E-state index in [1.807, 2.05) is 0 Å². The summed E-state index contributed by atoms with van der Waals surface area (Å²) in [6.07, 6.45) is 0. The van der Waals surface area contributed by atoms with Crippen LogP contribution in [0.1, 0.15) is 0 Å². The van der Waals surface area contributed by atoms with Gasteiger partial charge in [-0.2, -0.15) is 0 Å². The van der Waals surface area contributed by atoms with Crippen LogP contribution in [-0.4, -0.2) is 7.11 Å². The molecule has 1 rings (SSSR count). The third-order valence-electron chi connectivity index (χ3n) is 1.19. The molecule has 0 aliphatic carbocycles. The lowest BCUT2D eigenvalue weighted by Gasteiger charge is -2.03. The highest BCUT2D eigenvalue weighted by atomic mass is 127. The van der Waals surface area contributed by atoms with Crippen LogP contribution in [0.5, 0.6) is 5.75 Å². The Hall–Kier alpha value is 0.330. The first-order chi connectivity index (χ1) is 5.15. The van der Waals surface area contributed by atoms with Crippen LogP contribution in [0.2, 0.25) is 10.0 Å². The number of halogens is 3. The third kappa shape index (κ3) is 2.13. The van der Waals surface area contributed by atoms with Gasteiger partial charge in [0.2, 0.25) is 0 Å². The minimum Gasteiger partial charge on any atom is -0.496 e. The summed E-state index contributed by atoms with van der Waals surface area (Å²) in [6.45, 7) is 0. The normalized spacial score (nSPS) is 9.82. The first kappa shape index (κ1) is 9.42. The molecule has 0 saturated carbocycles. The molecule has 0 amide bonds. The van der Waals surface area contributed by atoms with Crippen LogP contribution in [0.15, 0.2) is 12.1 Å². The molecular formula is C7H5Cl2IO. The van der Waals surface area contributed by atoms with E-state index in [-0.39, 0.29) is 0 Å². The number of hydrogen-bond acceptors (Lipinski definition) is 1. The lowest BCUT2D eigenvalue weighted by Crippen LogP contribution is -1.86. The zero-order chi connectivity index (χ0) is 8.43. The molecule has 0 bridgehead atoms. The summed E-state index contributed by atoms with van der Waals surface area (Å²) in [5, 5.41) is 1.07. The van der Waals surface area contributed by atoms with Crippen LogP contribution in [-0.2, 0) is 0 Å². The van der Waals surface area contributed by atoms with E-state index in [0.29, 0.717) is 10.0 Å². The van der Waals surface area contributed by atoms with Gasteiger partial charge >= 0.3 is 0 Å². The summed E-state index contributed by atoms with van der Waals surface area (Å²) in [5.41, 5.74) is 0. The molecular weight excluding hydrogens is 298 g/mol. The fourth-order valence-corrected chi connectivity index (χ4v) is 1.85. The van der Waals surface area contributed by atoms with Gasteiger partial charge < -0.3 is 4.74 Å². The summed E-state index contributed by atoms with van der Waals surface area (Å²) >= 11 is 13.6. The first-order valence-corrected chi connectivity index (χ1v) is 4.67. The van der Waals surface area contributed by atoms with Gasteiger partial charge in [-0.3, -0.25) is 0 Å². The van der Waals surface area contributed by atoms with Crippen molar-refractivity contribution in [1.29, 1.82) is 0 Å². The molecule has 0 aromatic heterocycles. The quantitative estimate of drug-likeness (QED) is 0.569. The van der Waals surface area contributed by atoms with Gasteiger partial charge in [0, 0.05) is 6.07 Å². The Morgan fingerprint density at radius 3 is 2.36 bits per heavy atom. The van der Waals surface area contributed by atoms with Crippen LogP contribution in [0.3, 0.4) is 0 Å². The smallest absolute Gasteiger partial charge is 0.133 e. The molecule has 0 aliphatic heterocycles. The van der Waals surface area contributed by atoms with Crippen molar-refractivity contribution in [1.82, 2.24) is 0 Å². The highest BCUT2D eigenvalue weighted by Crippen LogP contribution is 2.30. The third-order valence-corrected chi connectivity index (χ3v) is 2.76. The van der Waals surface area contributed by atoms with Crippen LogP contribution in [0, 0.1) is 3.57 Å². The number of benzene rings is 1. The molecule has 0 atom stereocenters. The maximum atomic E-state index is 5.75. The monoisotopic (exact) mass is 302 g/mol. The standard InChI is InChI=1S/C7H5Cl2IO/c1-11-7-3-5(9)4(8)2-6(7)10/h2-3H,1H3. The second-order valence-corrected chi connectivity index (χ2v) is 3.88. The van der Waals surface area contributed by atoms with Crippen LogP contribution in [0.25, 0.3) is 0 Å². The van der Waals surface area contributed by atoms with E-state index in [0.717, 1.165) is 9.32 Å². The molecule has 4 heteroatoms. The second-order valence-electron chi connectivity index (χ2n) is 1.90. The molecule has 0 radical (unpaired) electrons. The minimum atomic E-state index is 0.518. The predicted molar refractivity (Wildman–Crippen MR) is 55.7 cm³/mol. The Morgan fingerprint density at radius 1 is 1.27 bits per heavy atom. The van der Waals surface area contributed by atoms with Gasteiger partial charge in [0.05, 0.1) is 20.7 Å². The topological polar surface area (TPSA) is 9.23 Å². The Morgan fingerprint density at radius 2 is 1.82 bits per heavy atom. The van der Waals surface area contributed by atoms with Crippen molar-refractivity contribution in [3.05, 3.63) is 25.7 Å². The Kier molecular flexibility index (Phi) is 3.28. The Balaban J connectivity index is 3.21. The van der Waals surface area contributed by atoms with Gasteiger partial charge in [0.25, 0.3) is 0 Å². The summed E-state index contributed by atoms with van der Waals surface area (Å²) in [7, 11) is 1.60. The predicted octanol–water partition coefficient (Wildman–Crippen LogP) is 3.61. The van der Waals surface area contributed by atoms with E-state index >= 15 is 0 Å². The molecule has 0 heterocycles. The van der Waals surface area contributed by atoms with E-state index in [2.05, 4.69) is 22.6 Å². The average Bonchev–Trinajstić information content (AvgIpc) is 1.97. The number of rotatable bonds is 1. The van der Waals surface area contributed by atoms with Crippen molar-refractivity contribution < 1.29 is 4.74 Å². The molecule has 60 valence electrons. The lowest BCUT2D eigenvalue weighted by atomic mass is 10.3. The van der Waals surface area contributed by atoms with E-state index in [4.69, 9.17) is 27.9 Å². The molecule has 1 nitrogen and oxygen atoms in total. The summed E-state index contributed by atoms with van der Waals surface area (Å²) < 4.78 is 5.99. The molecule has 0 unspecified atom stereocenters. The molecule has 0 saturated heterocycles. The molecule has 1 aromatic carbocycles. The number of hydrogen-bond donors (Lipinski definition) is 0. The second kappa shape index (κ2) is 3.83. The van der Waals surface area contributed by atoms with E-state index in [1.54, 1.807) is 19.2 Å². The van der Waals surface area contributed by atoms with Gasteiger partial charge in [-0.15, -0.1) is 0 Å². The van der Waals surface area contributed by atoms with Crippen molar-refractivity contribution in [2.24, 2.45) is 0 Å². The van der Waals surface area contributed by atoms with E-state index in [1.165, 1.54) is 0 Å².